The maximum atomic E-state index is 12.1. The van der Waals surface area contributed by atoms with E-state index in [1.165, 1.54) is 0 Å². The van der Waals surface area contributed by atoms with Crippen LogP contribution in [0.3, 0.4) is 0 Å². The molecule has 0 bridgehead atoms. The van der Waals surface area contributed by atoms with Gasteiger partial charge in [-0.25, -0.2) is 5.43 Å². The van der Waals surface area contributed by atoms with Crippen LogP contribution in [0.2, 0.25) is 0 Å². The smallest absolute Gasteiger partial charge is 0.267 e. The van der Waals surface area contributed by atoms with Crippen molar-refractivity contribution in [1.82, 2.24) is 5.43 Å². The predicted octanol–water partition coefficient (Wildman–Crippen LogP) is 2.97. The Labute approximate surface area is 142 Å². The molecule has 0 saturated heterocycles. The van der Waals surface area contributed by atoms with Crippen LogP contribution in [0, 0.1) is 27.2 Å². The number of aryl methyl sites for hydroxylation is 1. The van der Waals surface area contributed by atoms with E-state index in [1.807, 2.05) is 31.2 Å². The Balaban J connectivity index is 2.25. The Morgan fingerprint density at radius 3 is 1.96 bits per heavy atom. The summed E-state index contributed by atoms with van der Waals surface area (Å²) < 4.78 is 0. The highest BCUT2D eigenvalue weighted by atomic mass is 16.6. The van der Waals surface area contributed by atoms with Crippen molar-refractivity contribution in [2.45, 2.75) is 13.8 Å². The minimum Gasteiger partial charge on any atom is -0.267 e. The molecule has 0 radical (unpaired) electrons. The molecule has 0 atom stereocenters. The number of nitro groups is 2. The van der Waals surface area contributed by atoms with Crippen molar-refractivity contribution in [3.63, 3.8) is 0 Å². The lowest BCUT2D eigenvalue weighted by molar-refractivity contribution is -0.394. The fraction of sp³-hybridized carbons (Fsp3) is 0.125. The van der Waals surface area contributed by atoms with E-state index in [4.69, 9.17) is 0 Å². The molecule has 2 aromatic rings. The predicted molar refractivity (Wildman–Crippen MR) is 90.6 cm³/mol. The van der Waals surface area contributed by atoms with Gasteiger partial charge in [-0.1, -0.05) is 29.8 Å². The maximum absolute atomic E-state index is 12.1. The van der Waals surface area contributed by atoms with Gasteiger partial charge in [-0.15, -0.1) is 0 Å². The Morgan fingerprint density at radius 1 is 0.960 bits per heavy atom. The highest BCUT2D eigenvalue weighted by molar-refractivity contribution is 6.01. The van der Waals surface area contributed by atoms with Crippen molar-refractivity contribution in [3.05, 3.63) is 79.4 Å². The van der Waals surface area contributed by atoms with E-state index in [0.717, 1.165) is 29.3 Å². The van der Waals surface area contributed by atoms with Gasteiger partial charge < -0.3 is 0 Å². The van der Waals surface area contributed by atoms with Crippen LogP contribution in [0.5, 0.6) is 0 Å². The van der Waals surface area contributed by atoms with Gasteiger partial charge in [-0.3, -0.25) is 25.0 Å². The first-order valence-electron chi connectivity index (χ1n) is 7.13. The molecule has 0 unspecified atom stereocenters. The summed E-state index contributed by atoms with van der Waals surface area (Å²) in [6, 6.07) is 10.1. The summed E-state index contributed by atoms with van der Waals surface area (Å²) in [5.41, 5.74) is 3.32. The van der Waals surface area contributed by atoms with Gasteiger partial charge >= 0.3 is 0 Å². The largest absolute Gasteiger partial charge is 0.277 e. The van der Waals surface area contributed by atoms with Crippen molar-refractivity contribution in [3.8, 4) is 0 Å². The molecule has 1 amide bonds. The second-order valence-electron chi connectivity index (χ2n) is 5.26. The zero-order chi connectivity index (χ0) is 18.6. The minimum absolute atomic E-state index is 0.221. The number of hydrogen-bond acceptors (Lipinski definition) is 6. The Bertz CT molecular complexity index is 842. The lowest BCUT2D eigenvalue weighted by Crippen LogP contribution is -2.19. The number of benzene rings is 2. The summed E-state index contributed by atoms with van der Waals surface area (Å²) in [6.45, 7) is 3.62. The van der Waals surface area contributed by atoms with E-state index in [-0.39, 0.29) is 5.56 Å². The molecule has 9 nitrogen and oxygen atoms in total. The van der Waals surface area contributed by atoms with Gasteiger partial charge in [0.1, 0.15) is 0 Å². The van der Waals surface area contributed by atoms with Gasteiger partial charge in [0, 0.05) is 12.1 Å². The normalized spacial score (nSPS) is 11.0. The van der Waals surface area contributed by atoms with Gasteiger partial charge in [0.25, 0.3) is 17.3 Å². The zero-order valence-electron chi connectivity index (χ0n) is 13.4. The second-order valence-corrected chi connectivity index (χ2v) is 5.26. The van der Waals surface area contributed by atoms with Crippen LogP contribution < -0.4 is 5.43 Å². The van der Waals surface area contributed by atoms with Crippen molar-refractivity contribution in [1.29, 1.82) is 0 Å². The molecule has 0 spiro atoms. The molecule has 25 heavy (non-hydrogen) atoms. The van der Waals surface area contributed by atoms with E-state index in [9.17, 15) is 25.0 Å². The molecule has 1 N–H and O–H groups in total. The third kappa shape index (κ3) is 4.44. The fourth-order valence-corrected chi connectivity index (χ4v) is 2.00. The summed E-state index contributed by atoms with van der Waals surface area (Å²) in [7, 11) is 0. The molecule has 0 aliphatic rings. The number of amides is 1. The lowest BCUT2D eigenvalue weighted by Gasteiger charge is -2.04. The molecular formula is C16H14N4O5. The van der Waals surface area contributed by atoms with Crippen molar-refractivity contribution in [2.75, 3.05) is 0 Å². The molecule has 9 heteroatoms. The fourth-order valence-electron chi connectivity index (χ4n) is 2.00. The summed E-state index contributed by atoms with van der Waals surface area (Å²) >= 11 is 0. The number of nitrogens with zero attached hydrogens (tertiary/aromatic N) is 3. The Hall–Kier alpha value is -3.62. The number of nitrogens with one attached hydrogen (secondary N) is 1. The summed E-state index contributed by atoms with van der Waals surface area (Å²) in [6.07, 6.45) is 0. The van der Waals surface area contributed by atoms with Crippen LogP contribution in [0.1, 0.15) is 28.4 Å². The highest BCUT2D eigenvalue weighted by Gasteiger charge is 2.19. The summed E-state index contributed by atoms with van der Waals surface area (Å²) in [4.78, 5) is 32.2. The number of hydrogen-bond donors (Lipinski definition) is 1. The van der Waals surface area contributed by atoms with Crippen molar-refractivity contribution >= 4 is 23.0 Å². The molecule has 0 aromatic heterocycles. The van der Waals surface area contributed by atoms with Crippen LogP contribution in [0.25, 0.3) is 0 Å². The van der Waals surface area contributed by atoms with Crippen LogP contribution in [0.4, 0.5) is 11.4 Å². The Kier molecular flexibility index (Phi) is 5.18. The third-order valence-corrected chi connectivity index (χ3v) is 3.38. The lowest BCUT2D eigenvalue weighted by atomic mass is 10.1. The molecule has 0 aliphatic heterocycles. The van der Waals surface area contributed by atoms with Crippen LogP contribution in [-0.4, -0.2) is 21.5 Å². The van der Waals surface area contributed by atoms with Crippen LogP contribution in [-0.2, 0) is 0 Å². The quantitative estimate of drug-likeness (QED) is 0.507. The van der Waals surface area contributed by atoms with E-state index in [0.29, 0.717) is 5.71 Å². The average Bonchev–Trinajstić information content (AvgIpc) is 2.59. The first-order valence-corrected chi connectivity index (χ1v) is 7.13. The number of nitro benzene ring substituents is 2. The first kappa shape index (κ1) is 17.7. The maximum Gasteiger partial charge on any atom is 0.277 e. The van der Waals surface area contributed by atoms with Gasteiger partial charge in [0.15, 0.2) is 0 Å². The monoisotopic (exact) mass is 342 g/mol. The molecule has 0 fully saturated rings. The van der Waals surface area contributed by atoms with E-state index < -0.39 is 27.1 Å². The van der Waals surface area contributed by atoms with E-state index in [2.05, 4.69) is 10.5 Å². The molecule has 2 rings (SSSR count). The SMILES string of the molecule is C/C(=N/NC(=O)c1cc([N+](=O)[O-])cc([N+](=O)[O-])c1)c1ccc(C)cc1. The van der Waals surface area contributed by atoms with Crippen LogP contribution in [0.15, 0.2) is 47.6 Å². The molecular weight excluding hydrogens is 328 g/mol. The number of carbonyl (C=O) groups is 1. The molecule has 0 saturated carbocycles. The number of hydrazone groups is 1. The van der Waals surface area contributed by atoms with Gasteiger partial charge in [0.2, 0.25) is 0 Å². The van der Waals surface area contributed by atoms with Gasteiger partial charge in [0.05, 0.1) is 27.2 Å². The number of carbonyl (C=O) groups excluding carboxylic acids is 1. The molecule has 0 aliphatic carbocycles. The molecule has 128 valence electrons. The molecule has 2 aromatic carbocycles. The third-order valence-electron chi connectivity index (χ3n) is 3.38. The van der Waals surface area contributed by atoms with E-state index in [1.54, 1.807) is 6.92 Å². The zero-order valence-corrected chi connectivity index (χ0v) is 13.4. The number of rotatable bonds is 5. The van der Waals surface area contributed by atoms with Gasteiger partial charge in [-0.05, 0) is 19.4 Å². The number of non-ortho nitro benzene ring substituents is 2. The van der Waals surface area contributed by atoms with Crippen molar-refractivity contribution < 1.29 is 14.6 Å². The van der Waals surface area contributed by atoms with Gasteiger partial charge in [-0.2, -0.15) is 5.10 Å². The van der Waals surface area contributed by atoms with Crippen LogP contribution >= 0.6 is 0 Å². The minimum atomic E-state index is -0.801. The summed E-state index contributed by atoms with van der Waals surface area (Å²) in [5.74, 6) is -0.779. The topological polar surface area (TPSA) is 128 Å². The molecule has 0 heterocycles. The average molecular weight is 342 g/mol. The standard InChI is InChI=1S/C16H14N4O5/c1-10-3-5-12(6-4-10)11(2)17-18-16(21)13-7-14(19(22)23)9-15(8-13)20(24)25/h3-9H,1-2H3,(H,18,21)/b17-11-. The van der Waals surface area contributed by atoms with Crippen molar-refractivity contribution in [2.24, 2.45) is 5.10 Å². The first-order chi connectivity index (χ1) is 11.8. The highest BCUT2D eigenvalue weighted by Crippen LogP contribution is 2.22. The Morgan fingerprint density at radius 2 is 1.48 bits per heavy atom. The second kappa shape index (κ2) is 7.30. The van der Waals surface area contributed by atoms with E-state index >= 15 is 0 Å². The summed E-state index contributed by atoms with van der Waals surface area (Å²) in [5, 5.41) is 25.6.